The SMILES string of the molecule is N#Cc1nn(-c2ccc(F)cc2)nc1N1CCCCC1. The number of halogens is 1. The number of hydrogen-bond acceptors (Lipinski definition) is 4. The predicted molar refractivity (Wildman–Crippen MR) is 72.1 cm³/mol. The number of aromatic nitrogens is 3. The van der Waals surface area contributed by atoms with Crippen LogP contribution in [0.1, 0.15) is 25.0 Å². The van der Waals surface area contributed by atoms with Gasteiger partial charge in [-0.15, -0.1) is 15.0 Å². The predicted octanol–water partition coefficient (Wildman–Crippen LogP) is 2.27. The highest BCUT2D eigenvalue weighted by Gasteiger charge is 2.20. The minimum Gasteiger partial charge on any atom is -0.353 e. The van der Waals surface area contributed by atoms with Crippen molar-refractivity contribution in [2.45, 2.75) is 19.3 Å². The zero-order valence-electron chi connectivity index (χ0n) is 11.0. The van der Waals surface area contributed by atoms with Gasteiger partial charge in [0, 0.05) is 13.1 Å². The number of benzene rings is 1. The Labute approximate surface area is 116 Å². The van der Waals surface area contributed by atoms with E-state index in [-0.39, 0.29) is 5.82 Å². The Hall–Kier alpha value is -2.42. The third kappa shape index (κ3) is 2.35. The van der Waals surface area contributed by atoms with E-state index >= 15 is 0 Å². The van der Waals surface area contributed by atoms with Crippen LogP contribution in [0.4, 0.5) is 10.2 Å². The van der Waals surface area contributed by atoms with Gasteiger partial charge >= 0.3 is 0 Å². The molecular formula is C14H14FN5. The van der Waals surface area contributed by atoms with Crippen molar-refractivity contribution in [2.24, 2.45) is 0 Å². The zero-order chi connectivity index (χ0) is 13.9. The summed E-state index contributed by atoms with van der Waals surface area (Å²) < 4.78 is 12.9. The van der Waals surface area contributed by atoms with Crippen LogP contribution in [0.25, 0.3) is 5.69 Å². The summed E-state index contributed by atoms with van der Waals surface area (Å²) >= 11 is 0. The molecule has 0 aliphatic carbocycles. The van der Waals surface area contributed by atoms with Crippen LogP contribution in [0.15, 0.2) is 24.3 Å². The van der Waals surface area contributed by atoms with E-state index in [1.807, 2.05) is 0 Å². The third-order valence-electron chi connectivity index (χ3n) is 3.42. The Morgan fingerprint density at radius 1 is 1.05 bits per heavy atom. The summed E-state index contributed by atoms with van der Waals surface area (Å²) in [4.78, 5) is 3.48. The average Bonchev–Trinajstić information content (AvgIpc) is 2.93. The first-order chi connectivity index (χ1) is 9.78. The van der Waals surface area contributed by atoms with E-state index in [4.69, 9.17) is 0 Å². The highest BCUT2D eigenvalue weighted by atomic mass is 19.1. The maximum Gasteiger partial charge on any atom is 0.207 e. The molecule has 1 aromatic carbocycles. The summed E-state index contributed by atoms with van der Waals surface area (Å²) in [5.74, 6) is 0.314. The van der Waals surface area contributed by atoms with Crippen LogP contribution >= 0.6 is 0 Å². The number of nitriles is 1. The Balaban J connectivity index is 1.96. The van der Waals surface area contributed by atoms with Crippen molar-refractivity contribution in [1.29, 1.82) is 5.26 Å². The molecule has 1 aliphatic rings. The number of rotatable bonds is 2. The fourth-order valence-electron chi connectivity index (χ4n) is 2.38. The molecule has 20 heavy (non-hydrogen) atoms. The van der Waals surface area contributed by atoms with Crippen LogP contribution in [-0.2, 0) is 0 Å². The molecule has 5 nitrogen and oxygen atoms in total. The van der Waals surface area contributed by atoms with Crippen molar-refractivity contribution in [1.82, 2.24) is 15.0 Å². The summed E-state index contributed by atoms with van der Waals surface area (Å²) in [5.41, 5.74) is 0.961. The van der Waals surface area contributed by atoms with Crippen LogP contribution in [0.2, 0.25) is 0 Å². The first-order valence-electron chi connectivity index (χ1n) is 6.66. The van der Waals surface area contributed by atoms with E-state index in [1.54, 1.807) is 12.1 Å². The lowest BCUT2D eigenvalue weighted by molar-refractivity contribution is 0.571. The summed E-state index contributed by atoms with van der Waals surface area (Å²) in [6.45, 7) is 1.80. The standard InChI is InChI=1S/C14H14FN5/c15-11-4-6-12(7-5-11)20-17-13(10-16)14(18-20)19-8-2-1-3-9-19/h4-7H,1-3,8-9H2. The van der Waals surface area contributed by atoms with E-state index in [9.17, 15) is 9.65 Å². The molecule has 0 atom stereocenters. The molecular weight excluding hydrogens is 257 g/mol. The summed E-state index contributed by atoms with van der Waals surface area (Å²) in [5, 5.41) is 17.8. The first kappa shape index (κ1) is 12.6. The maximum absolute atomic E-state index is 12.9. The molecule has 0 amide bonds. The Morgan fingerprint density at radius 3 is 2.40 bits per heavy atom. The van der Waals surface area contributed by atoms with Gasteiger partial charge in [0.25, 0.3) is 0 Å². The quantitative estimate of drug-likeness (QED) is 0.840. The third-order valence-corrected chi connectivity index (χ3v) is 3.42. The summed E-state index contributed by atoms with van der Waals surface area (Å²) in [6, 6.07) is 7.98. The van der Waals surface area contributed by atoms with Gasteiger partial charge in [-0.25, -0.2) is 4.39 Å². The van der Waals surface area contributed by atoms with Gasteiger partial charge in [-0.3, -0.25) is 0 Å². The van der Waals surface area contributed by atoms with Crippen molar-refractivity contribution in [3.8, 4) is 11.8 Å². The Morgan fingerprint density at radius 2 is 1.75 bits per heavy atom. The lowest BCUT2D eigenvalue weighted by Gasteiger charge is -2.26. The second kappa shape index (κ2) is 5.29. The maximum atomic E-state index is 12.9. The van der Waals surface area contributed by atoms with E-state index in [0.717, 1.165) is 25.9 Å². The van der Waals surface area contributed by atoms with Gasteiger partial charge in [-0.05, 0) is 43.5 Å². The lowest BCUT2D eigenvalue weighted by atomic mass is 10.1. The summed E-state index contributed by atoms with van der Waals surface area (Å²) in [7, 11) is 0. The molecule has 1 fully saturated rings. The van der Waals surface area contributed by atoms with Crippen molar-refractivity contribution in [3.63, 3.8) is 0 Å². The molecule has 2 heterocycles. The van der Waals surface area contributed by atoms with Gasteiger partial charge < -0.3 is 4.90 Å². The molecule has 2 aromatic rings. The van der Waals surface area contributed by atoms with Crippen molar-refractivity contribution >= 4 is 5.82 Å². The molecule has 0 bridgehead atoms. The van der Waals surface area contributed by atoms with Crippen LogP contribution < -0.4 is 4.90 Å². The Bertz CT molecular complexity index is 635. The lowest BCUT2D eigenvalue weighted by Crippen LogP contribution is -2.30. The largest absolute Gasteiger partial charge is 0.353 e. The minimum atomic E-state index is -0.308. The zero-order valence-corrected chi connectivity index (χ0v) is 11.0. The molecule has 0 unspecified atom stereocenters. The fraction of sp³-hybridized carbons (Fsp3) is 0.357. The van der Waals surface area contributed by atoms with E-state index in [1.165, 1.54) is 23.4 Å². The highest BCUT2D eigenvalue weighted by molar-refractivity contribution is 5.50. The topological polar surface area (TPSA) is 57.7 Å². The van der Waals surface area contributed by atoms with Crippen LogP contribution in [0.3, 0.4) is 0 Å². The minimum absolute atomic E-state index is 0.308. The number of anilines is 1. The van der Waals surface area contributed by atoms with E-state index in [2.05, 4.69) is 21.2 Å². The van der Waals surface area contributed by atoms with Crippen molar-refractivity contribution in [2.75, 3.05) is 18.0 Å². The van der Waals surface area contributed by atoms with E-state index in [0.29, 0.717) is 17.2 Å². The fourth-order valence-corrected chi connectivity index (χ4v) is 2.38. The second-order valence-corrected chi connectivity index (χ2v) is 4.80. The van der Waals surface area contributed by atoms with Crippen LogP contribution in [-0.4, -0.2) is 28.1 Å². The van der Waals surface area contributed by atoms with Gasteiger partial charge in [0.1, 0.15) is 11.9 Å². The smallest absolute Gasteiger partial charge is 0.207 e. The molecule has 0 N–H and O–H groups in total. The Kier molecular flexibility index (Phi) is 3.33. The van der Waals surface area contributed by atoms with Gasteiger partial charge in [-0.1, -0.05) is 0 Å². The molecule has 0 saturated carbocycles. The van der Waals surface area contributed by atoms with Crippen molar-refractivity contribution in [3.05, 3.63) is 35.8 Å². The molecule has 102 valence electrons. The number of hydrogen-bond donors (Lipinski definition) is 0. The first-order valence-corrected chi connectivity index (χ1v) is 6.66. The number of nitrogens with zero attached hydrogens (tertiary/aromatic N) is 5. The normalized spacial score (nSPS) is 15.1. The van der Waals surface area contributed by atoms with Gasteiger partial charge in [0.2, 0.25) is 5.69 Å². The van der Waals surface area contributed by atoms with Crippen LogP contribution in [0.5, 0.6) is 0 Å². The molecule has 0 spiro atoms. The second-order valence-electron chi connectivity index (χ2n) is 4.80. The number of piperidine rings is 1. The molecule has 1 aromatic heterocycles. The molecule has 3 rings (SSSR count). The molecule has 1 saturated heterocycles. The molecule has 1 aliphatic heterocycles. The monoisotopic (exact) mass is 271 g/mol. The van der Waals surface area contributed by atoms with Gasteiger partial charge in [0.15, 0.2) is 5.82 Å². The average molecular weight is 271 g/mol. The highest BCUT2D eigenvalue weighted by Crippen LogP contribution is 2.21. The van der Waals surface area contributed by atoms with E-state index < -0.39 is 0 Å². The summed E-state index contributed by atoms with van der Waals surface area (Å²) in [6.07, 6.45) is 3.42. The molecule has 6 heteroatoms. The van der Waals surface area contributed by atoms with Crippen LogP contribution in [0, 0.1) is 17.1 Å². The van der Waals surface area contributed by atoms with Crippen molar-refractivity contribution < 1.29 is 4.39 Å². The molecule has 0 radical (unpaired) electrons. The van der Waals surface area contributed by atoms with Gasteiger partial charge in [-0.2, -0.15) is 5.26 Å². The van der Waals surface area contributed by atoms with Gasteiger partial charge in [0.05, 0.1) is 5.69 Å².